The van der Waals surface area contributed by atoms with Crippen molar-refractivity contribution in [2.75, 3.05) is 27.2 Å². The Morgan fingerprint density at radius 1 is 1.28 bits per heavy atom. The highest BCUT2D eigenvalue weighted by atomic mass is 19.1. The lowest BCUT2D eigenvalue weighted by Gasteiger charge is -2.26. The number of aryl methyl sites for hydroxylation is 1. The van der Waals surface area contributed by atoms with Gasteiger partial charge in [0.15, 0.2) is 11.6 Å². The van der Waals surface area contributed by atoms with Crippen LogP contribution in [0, 0.1) is 6.92 Å². The molecule has 0 saturated carbocycles. The smallest absolute Gasteiger partial charge is 0.240 e. The van der Waals surface area contributed by atoms with E-state index in [9.17, 15) is 4.39 Å². The summed E-state index contributed by atoms with van der Waals surface area (Å²) >= 11 is 0. The Morgan fingerprint density at radius 2 is 2.08 bits per heavy atom. The quantitative estimate of drug-likeness (QED) is 0.687. The van der Waals surface area contributed by atoms with Gasteiger partial charge in [-0.1, -0.05) is 10.3 Å². The van der Waals surface area contributed by atoms with Gasteiger partial charge in [0.1, 0.15) is 12.8 Å². The molecular weight excluding hydrogens is 331 g/mol. The van der Waals surface area contributed by atoms with E-state index in [-0.39, 0.29) is 6.04 Å². The van der Waals surface area contributed by atoms with Gasteiger partial charge in [0.2, 0.25) is 11.8 Å². The average molecular weight is 354 g/mol. The fraction of sp³-hybridized carbons (Fsp3) is 0.733. The second-order valence-electron chi connectivity index (χ2n) is 6.38. The molecule has 1 saturated heterocycles. The van der Waals surface area contributed by atoms with Crippen molar-refractivity contribution in [3.05, 3.63) is 23.4 Å². The van der Waals surface area contributed by atoms with Crippen LogP contribution in [0.5, 0.6) is 0 Å². The van der Waals surface area contributed by atoms with Crippen LogP contribution in [0.2, 0.25) is 0 Å². The third kappa shape index (κ3) is 4.80. The molecule has 1 aliphatic heterocycles. The summed E-state index contributed by atoms with van der Waals surface area (Å²) in [5.41, 5.74) is 0. The predicted octanol–water partition coefficient (Wildman–Crippen LogP) is 0.952. The average Bonchev–Trinajstić information content (AvgIpc) is 3.23. The van der Waals surface area contributed by atoms with E-state index in [2.05, 4.69) is 25.2 Å². The van der Waals surface area contributed by atoms with Gasteiger partial charge in [0, 0.05) is 33.2 Å². The predicted molar refractivity (Wildman–Crippen MR) is 84.1 cm³/mol. The first-order valence-corrected chi connectivity index (χ1v) is 8.19. The van der Waals surface area contributed by atoms with Crippen molar-refractivity contribution in [2.45, 2.75) is 45.3 Å². The Labute approximate surface area is 145 Å². The molecule has 0 amide bonds. The molecule has 3 rings (SSSR count). The van der Waals surface area contributed by atoms with Crippen molar-refractivity contribution in [1.82, 2.24) is 30.1 Å². The zero-order chi connectivity index (χ0) is 17.8. The fourth-order valence-corrected chi connectivity index (χ4v) is 3.09. The van der Waals surface area contributed by atoms with Crippen molar-refractivity contribution in [3.8, 4) is 0 Å². The number of likely N-dealkylation sites (tertiary alicyclic amines) is 1. The van der Waals surface area contributed by atoms with E-state index in [1.807, 2.05) is 11.9 Å². The summed E-state index contributed by atoms with van der Waals surface area (Å²) in [5.74, 6) is 2.14. The number of halogens is 1. The Bertz CT molecular complexity index is 678. The molecule has 2 atom stereocenters. The second-order valence-corrected chi connectivity index (χ2v) is 6.38. The van der Waals surface area contributed by atoms with E-state index in [4.69, 9.17) is 13.8 Å². The van der Waals surface area contributed by atoms with Crippen LogP contribution < -0.4 is 0 Å². The summed E-state index contributed by atoms with van der Waals surface area (Å²) < 4.78 is 29.1. The molecular formula is C15H23FN6O3. The molecule has 0 N–H and O–H groups in total. The molecule has 1 aliphatic rings. The Morgan fingerprint density at radius 3 is 2.80 bits per heavy atom. The molecule has 2 aromatic rings. The summed E-state index contributed by atoms with van der Waals surface area (Å²) in [6.07, 6.45) is -0.358. The molecule has 0 aliphatic carbocycles. The first-order valence-electron chi connectivity index (χ1n) is 8.19. The number of hydrogen-bond acceptors (Lipinski definition) is 9. The van der Waals surface area contributed by atoms with Crippen LogP contribution in [0.25, 0.3) is 0 Å². The van der Waals surface area contributed by atoms with Crippen molar-refractivity contribution in [2.24, 2.45) is 0 Å². The van der Waals surface area contributed by atoms with Gasteiger partial charge < -0.3 is 13.8 Å². The number of hydrogen-bond donors (Lipinski definition) is 0. The maximum Gasteiger partial charge on any atom is 0.240 e. The van der Waals surface area contributed by atoms with Crippen LogP contribution >= 0.6 is 0 Å². The highest BCUT2D eigenvalue weighted by molar-refractivity contribution is 4.93. The second kappa shape index (κ2) is 7.98. The molecule has 0 spiro atoms. The SMILES string of the molecule is COCc1noc(CN(C)C[C@@H]2C[C@H](F)CN2Cc2noc(C)n2)n1. The Kier molecular flexibility index (Phi) is 5.71. The van der Waals surface area contributed by atoms with Crippen LogP contribution in [-0.4, -0.2) is 69.5 Å². The molecule has 25 heavy (non-hydrogen) atoms. The molecule has 3 heterocycles. The normalized spacial score (nSPS) is 21.5. The largest absolute Gasteiger partial charge is 0.377 e. The van der Waals surface area contributed by atoms with Gasteiger partial charge >= 0.3 is 0 Å². The van der Waals surface area contributed by atoms with Crippen molar-refractivity contribution >= 4 is 0 Å². The summed E-state index contributed by atoms with van der Waals surface area (Å²) in [4.78, 5) is 12.5. The van der Waals surface area contributed by atoms with Gasteiger partial charge in [-0.15, -0.1) is 0 Å². The van der Waals surface area contributed by atoms with Crippen LogP contribution in [0.15, 0.2) is 9.05 Å². The number of nitrogens with zero attached hydrogens (tertiary/aromatic N) is 6. The lowest BCUT2D eigenvalue weighted by atomic mass is 10.2. The van der Waals surface area contributed by atoms with Gasteiger partial charge in [-0.25, -0.2) is 4.39 Å². The van der Waals surface area contributed by atoms with Crippen LogP contribution in [0.1, 0.15) is 29.9 Å². The molecule has 0 bridgehead atoms. The van der Waals surface area contributed by atoms with Gasteiger partial charge in [0.25, 0.3) is 0 Å². The number of likely N-dealkylation sites (N-methyl/N-ethyl adjacent to an activating group) is 1. The molecule has 1 fully saturated rings. The van der Waals surface area contributed by atoms with Crippen LogP contribution in [-0.2, 0) is 24.4 Å². The Balaban J connectivity index is 1.55. The first kappa shape index (κ1) is 17.9. The molecule has 9 nitrogen and oxygen atoms in total. The van der Waals surface area contributed by atoms with Gasteiger partial charge in [-0.2, -0.15) is 9.97 Å². The monoisotopic (exact) mass is 354 g/mol. The number of aromatic nitrogens is 4. The lowest BCUT2D eigenvalue weighted by Crippen LogP contribution is -2.38. The Hall–Kier alpha value is -1.91. The minimum atomic E-state index is -0.844. The number of methoxy groups -OCH3 is 1. The molecule has 0 unspecified atom stereocenters. The summed E-state index contributed by atoms with van der Waals surface area (Å²) in [6, 6.07) is 0.0696. The van der Waals surface area contributed by atoms with Gasteiger partial charge in [-0.3, -0.25) is 9.80 Å². The van der Waals surface area contributed by atoms with E-state index in [1.165, 1.54) is 0 Å². The molecule has 2 aromatic heterocycles. The van der Waals surface area contributed by atoms with E-state index < -0.39 is 6.17 Å². The van der Waals surface area contributed by atoms with Crippen molar-refractivity contribution in [3.63, 3.8) is 0 Å². The number of rotatable bonds is 8. The zero-order valence-electron chi connectivity index (χ0n) is 14.7. The fourth-order valence-electron chi connectivity index (χ4n) is 3.09. The van der Waals surface area contributed by atoms with Gasteiger partial charge in [0.05, 0.1) is 13.1 Å². The van der Waals surface area contributed by atoms with E-state index in [1.54, 1.807) is 14.0 Å². The lowest BCUT2D eigenvalue weighted by molar-refractivity contribution is 0.165. The van der Waals surface area contributed by atoms with E-state index in [0.717, 1.165) is 0 Å². The third-order valence-corrected chi connectivity index (χ3v) is 4.10. The molecule has 0 aromatic carbocycles. The maximum absolute atomic E-state index is 13.9. The number of alkyl halides is 1. The summed E-state index contributed by atoms with van der Waals surface area (Å²) in [7, 11) is 3.53. The van der Waals surface area contributed by atoms with Gasteiger partial charge in [-0.05, 0) is 13.5 Å². The first-order chi connectivity index (χ1) is 12.0. The highest BCUT2D eigenvalue weighted by Crippen LogP contribution is 2.23. The maximum atomic E-state index is 13.9. The topological polar surface area (TPSA) is 93.6 Å². The van der Waals surface area contributed by atoms with Crippen molar-refractivity contribution in [1.29, 1.82) is 0 Å². The van der Waals surface area contributed by atoms with Crippen molar-refractivity contribution < 1.29 is 18.2 Å². The van der Waals surface area contributed by atoms with Crippen LogP contribution in [0.4, 0.5) is 4.39 Å². The molecule has 0 radical (unpaired) electrons. The minimum Gasteiger partial charge on any atom is -0.377 e. The zero-order valence-corrected chi connectivity index (χ0v) is 14.7. The summed E-state index contributed by atoms with van der Waals surface area (Å²) in [5, 5.41) is 7.74. The number of ether oxygens (including phenoxy) is 1. The minimum absolute atomic E-state index is 0.0696. The standard InChI is InChI=1S/C15H23FN6O3/c1-10-17-13(19-24-10)7-22-5-11(16)4-12(22)6-21(2)8-15-18-14(9-23-3)20-25-15/h11-12H,4-9H2,1-3H3/t11-,12-/m0/s1. The highest BCUT2D eigenvalue weighted by Gasteiger charge is 2.33. The molecule has 138 valence electrons. The summed E-state index contributed by atoms with van der Waals surface area (Å²) in [6.45, 7) is 4.10. The van der Waals surface area contributed by atoms with Crippen LogP contribution in [0.3, 0.4) is 0 Å². The van der Waals surface area contributed by atoms with E-state index in [0.29, 0.717) is 62.6 Å². The molecule has 10 heteroatoms. The third-order valence-electron chi connectivity index (χ3n) is 4.10. The van der Waals surface area contributed by atoms with E-state index >= 15 is 0 Å².